The van der Waals surface area contributed by atoms with E-state index in [0.717, 1.165) is 6.07 Å². The molecule has 0 radical (unpaired) electrons. The van der Waals surface area contributed by atoms with Crippen LogP contribution in [0.15, 0.2) is 22.7 Å². The minimum Gasteiger partial charge on any atom is -0.364 e. The summed E-state index contributed by atoms with van der Waals surface area (Å²) in [5, 5.41) is 2.44. The summed E-state index contributed by atoms with van der Waals surface area (Å²) in [4.78, 5) is 12.0. The lowest BCUT2D eigenvalue weighted by Gasteiger charge is -2.15. The first-order chi connectivity index (χ1) is 9.81. The monoisotopic (exact) mass is 366 g/mol. The fourth-order valence-corrected chi connectivity index (χ4v) is 2.59. The zero-order chi connectivity index (χ0) is 15.6. The third-order valence-corrected chi connectivity index (χ3v) is 3.89. The van der Waals surface area contributed by atoms with Gasteiger partial charge in [0.2, 0.25) is 0 Å². The lowest BCUT2D eigenvalue weighted by Crippen LogP contribution is -2.29. The van der Waals surface area contributed by atoms with Crippen LogP contribution in [0.5, 0.6) is 0 Å². The van der Waals surface area contributed by atoms with Gasteiger partial charge in [0.05, 0.1) is 11.7 Å². The first-order valence-corrected chi connectivity index (χ1v) is 7.13. The van der Waals surface area contributed by atoms with Gasteiger partial charge >= 0.3 is 6.18 Å². The lowest BCUT2D eigenvalue weighted by molar-refractivity contribution is -0.138. The summed E-state index contributed by atoms with van der Waals surface area (Å²) >= 11 is 2.84. The van der Waals surface area contributed by atoms with Gasteiger partial charge < -0.3 is 15.8 Å². The minimum atomic E-state index is -4.49. The molecule has 21 heavy (non-hydrogen) atoms. The molecule has 1 heterocycles. The van der Waals surface area contributed by atoms with Crippen molar-refractivity contribution in [1.82, 2.24) is 0 Å². The first-order valence-electron chi connectivity index (χ1n) is 6.34. The average molecular weight is 367 g/mol. The van der Waals surface area contributed by atoms with Crippen molar-refractivity contribution >= 4 is 27.5 Å². The summed E-state index contributed by atoms with van der Waals surface area (Å²) in [6.45, 7) is 0.320. The Morgan fingerprint density at radius 1 is 1.43 bits per heavy atom. The van der Waals surface area contributed by atoms with E-state index in [1.165, 1.54) is 12.1 Å². The van der Waals surface area contributed by atoms with Crippen molar-refractivity contribution < 1.29 is 22.7 Å². The van der Waals surface area contributed by atoms with Gasteiger partial charge in [-0.2, -0.15) is 13.2 Å². The number of alkyl halides is 3. The average Bonchev–Trinajstić information content (AvgIpc) is 2.88. The Bertz CT molecular complexity index is 537. The van der Waals surface area contributed by atoms with Crippen LogP contribution in [0.1, 0.15) is 18.4 Å². The number of rotatable bonds is 3. The number of hydrogen-bond acceptors (Lipinski definition) is 3. The quantitative estimate of drug-likeness (QED) is 0.864. The highest BCUT2D eigenvalue weighted by Crippen LogP contribution is 2.36. The van der Waals surface area contributed by atoms with Crippen molar-refractivity contribution in [2.75, 3.05) is 11.9 Å². The van der Waals surface area contributed by atoms with Crippen LogP contribution in [0.2, 0.25) is 0 Å². The van der Waals surface area contributed by atoms with Gasteiger partial charge in [-0.05, 0) is 31.0 Å². The largest absolute Gasteiger partial charge is 0.417 e. The van der Waals surface area contributed by atoms with Crippen LogP contribution in [0, 0.1) is 0 Å². The molecule has 2 rings (SSSR count). The lowest BCUT2D eigenvalue weighted by atomic mass is 10.1. The van der Waals surface area contributed by atoms with Crippen LogP contribution < -0.4 is 11.1 Å². The predicted molar refractivity (Wildman–Crippen MR) is 74.7 cm³/mol. The van der Waals surface area contributed by atoms with E-state index in [2.05, 4.69) is 21.2 Å². The van der Waals surface area contributed by atoms with Crippen LogP contribution in [0.25, 0.3) is 0 Å². The molecule has 3 N–H and O–H groups in total. The summed E-state index contributed by atoms with van der Waals surface area (Å²) < 4.78 is 43.7. The number of ether oxygens (including phenoxy) is 1. The van der Waals surface area contributed by atoms with Crippen molar-refractivity contribution in [2.45, 2.75) is 31.2 Å². The van der Waals surface area contributed by atoms with Crippen LogP contribution >= 0.6 is 15.9 Å². The molecule has 0 saturated carbocycles. The Morgan fingerprint density at radius 2 is 2.14 bits per heavy atom. The molecular formula is C13H14BrF3N2O2. The molecule has 1 amide bonds. The topological polar surface area (TPSA) is 64.4 Å². The predicted octanol–water partition coefficient (Wildman–Crippen LogP) is 2.91. The summed E-state index contributed by atoms with van der Waals surface area (Å²) in [5.74, 6) is -0.457. The van der Waals surface area contributed by atoms with Gasteiger partial charge in [-0.25, -0.2) is 0 Å². The number of nitrogens with two attached hydrogens (primary N) is 1. The zero-order valence-electron chi connectivity index (χ0n) is 10.9. The van der Waals surface area contributed by atoms with E-state index in [-0.39, 0.29) is 16.3 Å². The molecule has 1 aliphatic heterocycles. The second-order valence-electron chi connectivity index (χ2n) is 4.74. The summed E-state index contributed by atoms with van der Waals surface area (Å²) in [7, 11) is 0. The number of carbonyl (C=O) groups excluding carboxylic acids is 1. The second-order valence-corrected chi connectivity index (χ2v) is 5.60. The fraction of sp³-hybridized carbons (Fsp3) is 0.462. The van der Waals surface area contributed by atoms with Gasteiger partial charge in [0.15, 0.2) is 0 Å². The molecule has 2 atom stereocenters. The van der Waals surface area contributed by atoms with Crippen molar-refractivity contribution in [2.24, 2.45) is 5.73 Å². The molecule has 4 nitrogen and oxygen atoms in total. The Morgan fingerprint density at radius 3 is 2.71 bits per heavy atom. The number of hydrogen-bond donors (Lipinski definition) is 2. The third kappa shape index (κ3) is 3.96. The van der Waals surface area contributed by atoms with E-state index >= 15 is 0 Å². The minimum absolute atomic E-state index is 0.0756. The van der Waals surface area contributed by atoms with Crippen LogP contribution in [-0.4, -0.2) is 24.7 Å². The van der Waals surface area contributed by atoms with Crippen LogP contribution in [-0.2, 0) is 15.7 Å². The third-order valence-electron chi connectivity index (χ3n) is 3.20. The zero-order valence-corrected chi connectivity index (χ0v) is 12.5. The van der Waals surface area contributed by atoms with Gasteiger partial charge in [-0.15, -0.1) is 0 Å². The van der Waals surface area contributed by atoms with E-state index in [0.29, 0.717) is 19.4 Å². The van der Waals surface area contributed by atoms with Crippen molar-refractivity contribution in [1.29, 1.82) is 0 Å². The molecule has 0 aliphatic carbocycles. The molecule has 1 saturated heterocycles. The van der Waals surface area contributed by atoms with Gasteiger partial charge in [0, 0.05) is 16.7 Å². The number of benzene rings is 1. The summed E-state index contributed by atoms with van der Waals surface area (Å²) in [5.41, 5.74) is 4.68. The molecule has 116 valence electrons. The fourth-order valence-electron chi connectivity index (χ4n) is 2.11. The van der Waals surface area contributed by atoms with E-state index in [1.54, 1.807) is 0 Å². The molecule has 1 aromatic rings. The molecular weight excluding hydrogens is 353 g/mol. The highest BCUT2D eigenvalue weighted by molar-refractivity contribution is 9.10. The Kier molecular flexibility index (Phi) is 4.90. The maximum atomic E-state index is 12.8. The number of amides is 1. The SMILES string of the molecule is NCC1CCC(C(=O)Nc2ccc(Br)c(C(F)(F)F)c2)O1. The highest BCUT2D eigenvalue weighted by atomic mass is 79.9. The molecule has 0 aromatic heterocycles. The molecule has 1 aromatic carbocycles. The van der Waals surface area contributed by atoms with Crippen LogP contribution in [0.4, 0.5) is 18.9 Å². The van der Waals surface area contributed by atoms with E-state index in [9.17, 15) is 18.0 Å². The van der Waals surface area contributed by atoms with Crippen molar-refractivity contribution in [3.05, 3.63) is 28.2 Å². The van der Waals surface area contributed by atoms with Gasteiger partial charge in [-0.1, -0.05) is 15.9 Å². The Balaban J connectivity index is 2.08. The first kappa shape index (κ1) is 16.3. The smallest absolute Gasteiger partial charge is 0.364 e. The molecule has 1 fully saturated rings. The van der Waals surface area contributed by atoms with Gasteiger partial charge in [-0.3, -0.25) is 4.79 Å². The highest BCUT2D eigenvalue weighted by Gasteiger charge is 2.34. The summed E-state index contributed by atoms with van der Waals surface area (Å²) in [6.07, 6.45) is -4.15. The second kappa shape index (κ2) is 6.33. The molecule has 1 aliphatic rings. The maximum Gasteiger partial charge on any atom is 0.417 e. The van der Waals surface area contributed by atoms with Crippen molar-refractivity contribution in [3.63, 3.8) is 0 Å². The maximum absolute atomic E-state index is 12.8. The van der Waals surface area contributed by atoms with Gasteiger partial charge in [0.25, 0.3) is 5.91 Å². The van der Waals surface area contributed by atoms with E-state index in [4.69, 9.17) is 10.5 Å². The molecule has 8 heteroatoms. The van der Waals surface area contributed by atoms with E-state index in [1.807, 2.05) is 0 Å². The summed E-state index contributed by atoms with van der Waals surface area (Å²) in [6, 6.07) is 3.53. The van der Waals surface area contributed by atoms with E-state index < -0.39 is 23.8 Å². The molecule has 0 spiro atoms. The number of nitrogens with one attached hydrogen (secondary N) is 1. The van der Waals surface area contributed by atoms with Gasteiger partial charge in [0.1, 0.15) is 6.10 Å². The van der Waals surface area contributed by atoms with Crippen molar-refractivity contribution in [3.8, 4) is 0 Å². The Labute approximate surface area is 128 Å². The molecule has 2 unspecified atom stereocenters. The number of anilines is 1. The number of halogens is 4. The Hall–Kier alpha value is -1.12. The van der Waals surface area contributed by atoms with Crippen LogP contribution in [0.3, 0.4) is 0 Å². The normalized spacial score (nSPS) is 22.3. The standard InChI is InChI=1S/C13H14BrF3N2O2/c14-10-3-1-7(5-9(10)13(15,16)17)19-12(20)11-4-2-8(6-18)21-11/h1,3,5,8,11H,2,4,6,18H2,(H,19,20). The number of carbonyl (C=O) groups is 1. The molecule has 0 bridgehead atoms.